The SMILES string of the molecule is Cc1c(C)c(N)c2c(c1C)CC(O)C2. The number of hydrogen-bond acceptors (Lipinski definition) is 2. The largest absolute Gasteiger partial charge is 0.398 e. The molecule has 0 saturated carbocycles. The first-order chi connectivity index (χ1) is 6.52. The van der Waals surface area contributed by atoms with E-state index in [0.717, 1.165) is 18.5 Å². The van der Waals surface area contributed by atoms with Gasteiger partial charge in [0.15, 0.2) is 0 Å². The Bertz CT molecular complexity index is 359. The lowest BCUT2D eigenvalue weighted by molar-refractivity contribution is 0.187. The molecule has 1 unspecified atom stereocenters. The monoisotopic (exact) mass is 191 g/mol. The number of nitrogen functional groups attached to an aromatic ring is 1. The molecule has 1 aromatic rings. The maximum atomic E-state index is 9.63. The molecule has 76 valence electrons. The number of fused-ring (bicyclic) bond motifs is 1. The van der Waals surface area contributed by atoms with E-state index >= 15 is 0 Å². The highest BCUT2D eigenvalue weighted by Crippen LogP contribution is 2.35. The van der Waals surface area contributed by atoms with Crippen molar-refractivity contribution in [2.75, 3.05) is 5.73 Å². The Morgan fingerprint density at radius 2 is 1.57 bits per heavy atom. The predicted molar refractivity (Wildman–Crippen MR) is 58.5 cm³/mol. The summed E-state index contributed by atoms with van der Waals surface area (Å²) in [5, 5.41) is 9.63. The number of aliphatic hydroxyl groups is 1. The summed E-state index contributed by atoms with van der Waals surface area (Å²) in [6.07, 6.45) is 1.27. The molecule has 0 amide bonds. The second kappa shape index (κ2) is 2.99. The van der Waals surface area contributed by atoms with Gasteiger partial charge in [-0.05, 0) is 55.0 Å². The van der Waals surface area contributed by atoms with Crippen molar-refractivity contribution in [2.24, 2.45) is 0 Å². The zero-order valence-corrected chi connectivity index (χ0v) is 9.02. The fraction of sp³-hybridized carbons (Fsp3) is 0.500. The summed E-state index contributed by atoms with van der Waals surface area (Å²) in [5.74, 6) is 0. The van der Waals surface area contributed by atoms with E-state index in [1.54, 1.807) is 0 Å². The van der Waals surface area contributed by atoms with Gasteiger partial charge in [-0.15, -0.1) is 0 Å². The summed E-state index contributed by atoms with van der Waals surface area (Å²) in [5.41, 5.74) is 13.2. The Kier molecular flexibility index (Phi) is 2.04. The van der Waals surface area contributed by atoms with Crippen molar-refractivity contribution in [3.63, 3.8) is 0 Å². The smallest absolute Gasteiger partial charge is 0.0621 e. The third-order valence-electron chi connectivity index (χ3n) is 3.55. The molecule has 2 nitrogen and oxygen atoms in total. The third-order valence-corrected chi connectivity index (χ3v) is 3.55. The van der Waals surface area contributed by atoms with E-state index in [4.69, 9.17) is 5.73 Å². The van der Waals surface area contributed by atoms with Gasteiger partial charge >= 0.3 is 0 Å². The number of hydrogen-bond donors (Lipinski definition) is 2. The maximum Gasteiger partial charge on any atom is 0.0621 e. The van der Waals surface area contributed by atoms with Crippen LogP contribution in [0.4, 0.5) is 5.69 Å². The van der Waals surface area contributed by atoms with Gasteiger partial charge in [-0.2, -0.15) is 0 Å². The highest BCUT2D eigenvalue weighted by atomic mass is 16.3. The molecule has 0 bridgehead atoms. The van der Waals surface area contributed by atoms with Crippen LogP contribution in [-0.2, 0) is 12.8 Å². The Morgan fingerprint density at radius 3 is 2.21 bits per heavy atom. The quantitative estimate of drug-likeness (QED) is 0.612. The molecule has 0 fully saturated rings. The molecule has 3 N–H and O–H groups in total. The van der Waals surface area contributed by atoms with Crippen LogP contribution in [0, 0.1) is 20.8 Å². The van der Waals surface area contributed by atoms with E-state index in [9.17, 15) is 5.11 Å². The Balaban J connectivity index is 2.70. The number of nitrogens with two attached hydrogens (primary N) is 1. The normalized spacial score (nSPS) is 19.9. The number of benzene rings is 1. The minimum atomic E-state index is -0.229. The van der Waals surface area contributed by atoms with Crippen LogP contribution in [0.3, 0.4) is 0 Å². The van der Waals surface area contributed by atoms with Gasteiger partial charge < -0.3 is 10.8 Å². The van der Waals surface area contributed by atoms with Gasteiger partial charge in [-0.1, -0.05) is 0 Å². The summed E-state index contributed by atoms with van der Waals surface area (Å²) >= 11 is 0. The van der Waals surface area contributed by atoms with Crippen molar-refractivity contribution in [2.45, 2.75) is 39.7 Å². The van der Waals surface area contributed by atoms with Crippen LogP contribution in [0.15, 0.2) is 0 Å². The van der Waals surface area contributed by atoms with E-state index in [1.807, 2.05) is 0 Å². The molecule has 2 rings (SSSR count). The fourth-order valence-electron chi connectivity index (χ4n) is 2.38. The molecule has 1 aliphatic rings. The summed E-state index contributed by atoms with van der Waals surface area (Å²) < 4.78 is 0. The molecular formula is C12H17NO. The van der Waals surface area contributed by atoms with E-state index in [2.05, 4.69) is 20.8 Å². The first-order valence-corrected chi connectivity index (χ1v) is 5.07. The number of aliphatic hydroxyl groups excluding tert-OH is 1. The lowest BCUT2D eigenvalue weighted by Crippen LogP contribution is -2.04. The van der Waals surface area contributed by atoms with E-state index in [1.165, 1.54) is 27.8 Å². The minimum Gasteiger partial charge on any atom is -0.398 e. The van der Waals surface area contributed by atoms with Crippen LogP contribution >= 0.6 is 0 Å². The third kappa shape index (κ3) is 1.14. The average molecular weight is 191 g/mol. The van der Waals surface area contributed by atoms with Gasteiger partial charge in [0.25, 0.3) is 0 Å². The van der Waals surface area contributed by atoms with Crippen LogP contribution < -0.4 is 5.73 Å². The molecule has 0 aliphatic heterocycles. The molecule has 0 heterocycles. The van der Waals surface area contributed by atoms with Crippen LogP contribution in [-0.4, -0.2) is 11.2 Å². The maximum absolute atomic E-state index is 9.63. The van der Waals surface area contributed by atoms with Gasteiger partial charge in [0.2, 0.25) is 0 Å². The second-order valence-corrected chi connectivity index (χ2v) is 4.31. The Hall–Kier alpha value is -1.02. The number of anilines is 1. The zero-order chi connectivity index (χ0) is 10.5. The van der Waals surface area contributed by atoms with Gasteiger partial charge in [0.1, 0.15) is 0 Å². The molecule has 1 atom stereocenters. The van der Waals surface area contributed by atoms with Gasteiger partial charge in [0.05, 0.1) is 6.10 Å². The van der Waals surface area contributed by atoms with E-state index in [-0.39, 0.29) is 6.10 Å². The number of rotatable bonds is 0. The van der Waals surface area contributed by atoms with E-state index < -0.39 is 0 Å². The molecular weight excluding hydrogens is 174 g/mol. The van der Waals surface area contributed by atoms with Crippen molar-refractivity contribution in [3.05, 3.63) is 27.8 Å². The lowest BCUT2D eigenvalue weighted by atomic mass is 9.93. The van der Waals surface area contributed by atoms with Gasteiger partial charge in [-0.3, -0.25) is 0 Å². The fourth-order valence-corrected chi connectivity index (χ4v) is 2.38. The highest BCUT2D eigenvalue weighted by molar-refractivity contribution is 5.64. The molecule has 2 heteroatoms. The molecule has 0 radical (unpaired) electrons. The molecule has 0 aromatic heterocycles. The molecule has 0 spiro atoms. The molecule has 14 heavy (non-hydrogen) atoms. The van der Waals surface area contributed by atoms with E-state index in [0.29, 0.717) is 0 Å². The van der Waals surface area contributed by atoms with Gasteiger partial charge in [-0.25, -0.2) is 0 Å². The van der Waals surface area contributed by atoms with Crippen LogP contribution in [0.2, 0.25) is 0 Å². The van der Waals surface area contributed by atoms with Crippen LogP contribution in [0.25, 0.3) is 0 Å². The van der Waals surface area contributed by atoms with Crippen LogP contribution in [0.5, 0.6) is 0 Å². The second-order valence-electron chi connectivity index (χ2n) is 4.31. The summed E-state index contributed by atoms with van der Waals surface area (Å²) in [4.78, 5) is 0. The van der Waals surface area contributed by atoms with Crippen molar-refractivity contribution in [1.29, 1.82) is 0 Å². The summed E-state index contributed by atoms with van der Waals surface area (Å²) in [6, 6.07) is 0. The van der Waals surface area contributed by atoms with Crippen molar-refractivity contribution in [3.8, 4) is 0 Å². The predicted octanol–water partition coefficient (Wildman–Crippen LogP) is 1.65. The van der Waals surface area contributed by atoms with Gasteiger partial charge in [0, 0.05) is 12.1 Å². The standard InChI is InChI=1S/C12H17NO/c1-6-7(2)10-4-9(14)5-11(10)12(13)8(6)3/h9,14H,4-5,13H2,1-3H3. The molecule has 0 saturated heterocycles. The highest BCUT2D eigenvalue weighted by Gasteiger charge is 2.25. The van der Waals surface area contributed by atoms with Crippen molar-refractivity contribution in [1.82, 2.24) is 0 Å². The summed E-state index contributed by atoms with van der Waals surface area (Å²) in [6.45, 7) is 6.29. The molecule has 1 aromatic carbocycles. The zero-order valence-electron chi connectivity index (χ0n) is 9.02. The Morgan fingerprint density at radius 1 is 1.00 bits per heavy atom. The van der Waals surface area contributed by atoms with Crippen molar-refractivity contribution < 1.29 is 5.11 Å². The first kappa shape index (κ1) is 9.53. The first-order valence-electron chi connectivity index (χ1n) is 5.07. The van der Waals surface area contributed by atoms with Crippen LogP contribution in [0.1, 0.15) is 27.8 Å². The topological polar surface area (TPSA) is 46.2 Å². The minimum absolute atomic E-state index is 0.229. The summed E-state index contributed by atoms with van der Waals surface area (Å²) in [7, 11) is 0. The average Bonchev–Trinajstić information content (AvgIpc) is 2.54. The molecule has 1 aliphatic carbocycles. The lowest BCUT2D eigenvalue weighted by Gasteiger charge is -2.14. The Labute approximate surface area is 84.7 Å². The van der Waals surface area contributed by atoms with Crippen molar-refractivity contribution >= 4 is 5.69 Å².